The van der Waals surface area contributed by atoms with Crippen LogP contribution in [0.5, 0.6) is 0 Å². The molecule has 3 aliphatic rings. The van der Waals surface area contributed by atoms with Gasteiger partial charge in [-0.05, 0) is 34.1 Å². The Hall–Kier alpha value is -0.200. The van der Waals surface area contributed by atoms with Gasteiger partial charge in [0.2, 0.25) is 0 Å². The van der Waals surface area contributed by atoms with Gasteiger partial charge >= 0.3 is 0 Å². The van der Waals surface area contributed by atoms with Crippen molar-refractivity contribution in [3.8, 4) is 0 Å². The molecule has 5 nitrogen and oxygen atoms in total. The van der Waals surface area contributed by atoms with E-state index in [1.54, 1.807) is 0 Å². The molecule has 1 saturated carbocycles. The second kappa shape index (κ2) is 3.90. The van der Waals surface area contributed by atoms with E-state index in [-0.39, 0.29) is 36.9 Å². The van der Waals surface area contributed by atoms with E-state index in [2.05, 4.69) is 0 Å². The summed E-state index contributed by atoms with van der Waals surface area (Å²) in [5.41, 5.74) is 0. The summed E-state index contributed by atoms with van der Waals surface area (Å²) in [5.74, 6) is -1.15. The highest BCUT2D eigenvalue weighted by atomic mass is 16.8. The molecule has 1 aliphatic carbocycles. The SMILES string of the molecule is CC1(C)OC2CC(CO)[C@@H]3OC(C)(C)O[C@@H]3C2O1. The number of hydrogen-bond donors (Lipinski definition) is 1. The summed E-state index contributed by atoms with van der Waals surface area (Å²) in [6.07, 6.45) is 0.373. The van der Waals surface area contributed by atoms with Gasteiger partial charge in [-0.2, -0.15) is 0 Å². The lowest BCUT2D eigenvalue weighted by Crippen LogP contribution is -2.51. The molecule has 2 aliphatic heterocycles. The fourth-order valence-corrected chi connectivity index (χ4v) is 3.37. The largest absolute Gasteiger partial charge is 0.396 e. The fourth-order valence-electron chi connectivity index (χ4n) is 3.37. The first-order valence-electron chi connectivity index (χ1n) is 6.63. The van der Waals surface area contributed by atoms with Crippen molar-refractivity contribution in [2.75, 3.05) is 6.61 Å². The summed E-state index contributed by atoms with van der Waals surface area (Å²) in [4.78, 5) is 0. The molecule has 1 N–H and O–H groups in total. The minimum absolute atomic E-state index is 0.0177. The molecular formula is C13H22O5. The van der Waals surface area contributed by atoms with E-state index in [1.807, 2.05) is 27.7 Å². The highest BCUT2D eigenvalue weighted by Crippen LogP contribution is 2.46. The standard InChI is InChI=1S/C13H22O5/c1-12(2)15-8-5-7(6-14)9-11(10(8)17-12)18-13(3,4)16-9/h7-11,14H,5-6H2,1-4H3/t7?,8?,9-,10?,11-/m0/s1. The third-order valence-electron chi connectivity index (χ3n) is 3.94. The Labute approximate surface area is 107 Å². The van der Waals surface area contributed by atoms with Crippen LogP contribution < -0.4 is 0 Å². The van der Waals surface area contributed by atoms with Gasteiger partial charge in [0.1, 0.15) is 12.2 Å². The lowest BCUT2D eigenvalue weighted by atomic mass is 9.81. The Balaban J connectivity index is 1.86. The molecule has 2 saturated heterocycles. The van der Waals surface area contributed by atoms with E-state index in [9.17, 15) is 5.11 Å². The van der Waals surface area contributed by atoms with E-state index in [4.69, 9.17) is 18.9 Å². The first-order chi connectivity index (χ1) is 8.31. The first-order valence-corrected chi connectivity index (χ1v) is 6.63. The molecule has 5 atom stereocenters. The molecule has 3 rings (SSSR count). The van der Waals surface area contributed by atoms with Crippen LogP contribution in [0.2, 0.25) is 0 Å². The third-order valence-corrected chi connectivity index (χ3v) is 3.94. The van der Waals surface area contributed by atoms with Gasteiger partial charge in [0.15, 0.2) is 11.6 Å². The highest BCUT2D eigenvalue weighted by molar-refractivity contribution is 5.02. The minimum atomic E-state index is -0.617. The number of fused-ring (bicyclic) bond motifs is 3. The van der Waals surface area contributed by atoms with E-state index in [0.29, 0.717) is 0 Å². The topological polar surface area (TPSA) is 57.2 Å². The molecule has 0 radical (unpaired) electrons. The molecule has 3 unspecified atom stereocenters. The van der Waals surface area contributed by atoms with Crippen LogP contribution >= 0.6 is 0 Å². The van der Waals surface area contributed by atoms with Crippen LogP contribution in [0.15, 0.2) is 0 Å². The van der Waals surface area contributed by atoms with E-state index in [1.165, 1.54) is 0 Å². The summed E-state index contributed by atoms with van der Waals surface area (Å²) in [6.45, 7) is 7.71. The maximum absolute atomic E-state index is 9.53. The van der Waals surface area contributed by atoms with Crippen molar-refractivity contribution in [2.45, 2.75) is 70.1 Å². The van der Waals surface area contributed by atoms with Crippen LogP contribution in [0.25, 0.3) is 0 Å². The predicted octanol–water partition coefficient (Wildman–Crippen LogP) is 1.04. The summed E-state index contributed by atoms with van der Waals surface area (Å²) in [7, 11) is 0. The molecule has 0 amide bonds. The Morgan fingerprint density at radius 2 is 1.44 bits per heavy atom. The molecule has 18 heavy (non-hydrogen) atoms. The molecule has 2 heterocycles. The van der Waals surface area contributed by atoms with Crippen LogP contribution in [-0.4, -0.2) is 47.7 Å². The molecule has 104 valence electrons. The lowest BCUT2D eigenvalue weighted by Gasteiger charge is -2.36. The van der Waals surface area contributed by atoms with Gasteiger partial charge in [-0.3, -0.25) is 0 Å². The Morgan fingerprint density at radius 1 is 0.889 bits per heavy atom. The van der Waals surface area contributed by atoms with Crippen LogP contribution in [-0.2, 0) is 18.9 Å². The summed E-state index contributed by atoms with van der Waals surface area (Å²) in [6, 6.07) is 0. The molecule has 5 heteroatoms. The number of aliphatic hydroxyl groups is 1. The summed E-state index contributed by atoms with van der Waals surface area (Å²) in [5, 5.41) is 9.53. The summed E-state index contributed by atoms with van der Waals surface area (Å²) >= 11 is 0. The molecule has 0 bridgehead atoms. The second-order valence-electron chi connectivity index (χ2n) is 6.38. The zero-order chi connectivity index (χ0) is 13.1. The zero-order valence-electron chi connectivity index (χ0n) is 11.4. The highest BCUT2D eigenvalue weighted by Gasteiger charge is 2.59. The van der Waals surface area contributed by atoms with E-state index < -0.39 is 11.6 Å². The third kappa shape index (κ3) is 1.98. The molecule has 0 aromatic heterocycles. The van der Waals surface area contributed by atoms with Gasteiger partial charge < -0.3 is 24.1 Å². The van der Waals surface area contributed by atoms with Crippen molar-refractivity contribution >= 4 is 0 Å². The predicted molar refractivity (Wildman–Crippen MR) is 62.8 cm³/mol. The molecule has 0 aromatic rings. The normalized spacial score (nSPS) is 48.8. The van der Waals surface area contributed by atoms with Crippen molar-refractivity contribution in [3.05, 3.63) is 0 Å². The Kier molecular flexibility index (Phi) is 2.78. The van der Waals surface area contributed by atoms with Crippen molar-refractivity contribution in [1.29, 1.82) is 0 Å². The molecular weight excluding hydrogens is 236 g/mol. The van der Waals surface area contributed by atoms with Gasteiger partial charge in [-0.25, -0.2) is 0 Å². The molecule has 0 spiro atoms. The van der Waals surface area contributed by atoms with E-state index in [0.717, 1.165) is 6.42 Å². The zero-order valence-corrected chi connectivity index (χ0v) is 11.4. The van der Waals surface area contributed by atoms with E-state index >= 15 is 0 Å². The number of rotatable bonds is 1. The van der Waals surface area contributed by atoms with Crippen LogP contribution in [0.3, 0.4) is 0 Å². The van der Waals surface area contributed by atoms with Gasteiger partial charge in [0, 0.05) is 12.5 Å². The summed E-state index contributed by atoms with van der Waals surface area (Å²) < 4.78 is 23.7. The quantitative estimate of drug-likeness (QED) is 0.761. The van der Waals surface area contributed by atoms with Gasteiger partial charge in [0.25, 0.3) is 0 Å². The molecule has 0 aromatic carbocycles. The van der Waals surface area contributed by atoms with Gasteiger partial charge in [-0.15, -0.1) is 0 Å². The lowest BCUT2D eigenvalue weighted by molar-refractivity contribution is -0.176. The smallest absolute Gasteiger partial charge is 0.163 e. The monoisotopic (exact) mass is 258 g/mol. The average molecular weight is 258 g/mol. The van der Waals surface area contributed by atoms with Crippen molar-refractivity contribution in [1.82, 2.24) is 0 Å². The van der Waals surface area contributed by atoms with Gasteiger partial charge in [0.05, 0.1) is 12.2 Å². The fraction of sp³-hybridized carbons (Fsp3) is 1.00. The maximum Gasteiger partial charge on any atom is 0.163 e. The van der Waals surface area contributed by atoms with Crippen LogP contribution in [0.4, 0.5) is 0 Å². The number of hydrogen-bond acceptors (Lipinski definition) is 5. The molecule has 3 fully saturated rings. The van der Waals surface area contributed by atoms with Gasteiger partial charge in [-0.1, -0.05) is 0 Å². The minimum Gasteiger partial charge on any atom is -0.396 e. The average Bonchev–Trinajstić information content (AvgIpc) is 2.71. The Bertz CT molecular complexity index is 340. The van der Waals surface area contributed by atoms with Crippen molar-refractivity contribution in [3.63, 3.8) is 0 Å². The Morgan fingerprint density at radius 3 is 2.11 bits per heavy atom. The number of aliphatic hydroxyl groups excluding tert-OH is 1. The van der Waals surface area contributed by atoms with Crippen LogP contribution in [0, 0.1) is 5.92 Å². The van der Waals surface area contributed by atoms with Crippen LogP contribution in [0.1, 0.15) is 34.1 Å². The van der Waals surface area contributed by atoms with Crippen molar-refractivity contribution in [2.24, 2.45) is 5.92 Å². The maximum atomic E-state index is 9.53. The van der Waals surface area contributed by atoms with Crippen molar-refractivity contribution < 1.29 is 24.1 Å². The second-order valence-corrected chi connectivity index (χ2v) is 6.38. The first kappa shape index (κ1) is 12.8. The number of ether oxygens (including phenoxy) is 4.